The molecular weight excluding hydrogens is 240 g/mol. The minimum absolute atomic E-state index is 0.297. The second-order valence-corrected chi connectivity index (χ2v) is 4.47. The first kappa shape index (κ1) is 12.9. The molecule has 0 radical (unpaired) electrons. The first-order chi connectivity index (χ1) is 8.66. The number of hydrogen-bond acceptors (Lipinski definition) is 4. The summed E-state index contributed by atoms with van der Waals surface area (Å²) in [5.41, 5.74) is 0.940. The summed E-state index contributed by atoms with van der Waals surface area (Å²) < 4.78 is 30.3. The molecular formula is C12H15F2N3O. The number of halogens is 2. The summed E-state index contributed by atoms with van der Waals surface area (Å²) in [5, 5.41) is 7.47. The highest BCUT2D eigenvalue weighted by atomic mass is 19.3. The molecule has 0 bridgehead atoms. The largest absolute Gasteiger partial charge is 0.476 e. The molecule has 1 heterocycles. The van der Waals surface area contributed by atoms with Crippen LogP contribution in [-0.2, 0) is 0 Å². The monoisotopic (exact) mass is 255 g/mol. The van der Waals surface area contributed by atoms with Gasteiger partial charge >= 0.3 is 0 Å². The van der Waals surface area contributed by atoms with Gasteiger partial charge in [-0.3, -0.25) is 0 Å². The third kappa shape index (κ3) is 3.21. The minimum atomic E-state index is -1.51. The highest BCUT2D eigenvalue weighted by molar-refractivity contribution is 5.13. The number of aryl methyl sites for hydroxylation is 1. The van der Waals surface area contributed by atoms with E-state index in [-0.39, 0.29) is 0 Å². The van der Waals surface area contributed by atoms with Crippen LogP contribution in [0.2, 0.25) is 0 Å². The molecule has 0 amide bonds. The van der Waals surface area contributed by atoms with Crippen LogP contribution in [0.4, 0.5) is 8.78 Å². The number of allylic oxidation sites excluding steroid dienone is 1. The molecule has 18 heavy (non-hydrogen) atoms. The van der Waals surface area contributed by atoms with Crippen molar-refractivity contribution in [1.29, 1.82) is 0 Å². The molecule has 0 unspecified atom stereocenters. The zero-order chi connectivity index (χ0) is 13.0. The predicted octanol–water partition coefficient (Wildman–Crippen LogP) is 2.90. The molecule has 1 aromatic heterocycles. The number of ether oxygens (including phenoxy) is 1. The lowest BCUT2D eigenvalue weighted by molar-refractivity contribution is 0.209. The molecule has 4 nitrogen and oxygen atoms in total. The molecule has 0 spiro atoms. The Hall–Kier alpha value is -1.59. The Balaban J connectivity index is 1.83. The van der Waals surface area contributed by atoms with E-state index in [1.54, 1.807) is 6.92 Å². The quantitative estimate of drug-likeness (QED) is 0.833. The number of aromatic nitrogens is 3. The molecule has 0 aliphatic heterocycles. The van der Waals surface area contributed by atoms with Crippen molar-refractivity contribution in [2.75, 3.05) is 6.61 Å². The van der Waals surface area contributed by atoms with Crippen LogP contribution >= 0.6 is 0 Å². The molecule has 0 N–H and O–H groups in total. The Bertz CT molecular complexity index is 437. The van der Waals surface area contributed by atoms with Crippen molar-refractivity contribution in [3.8, 4) is 5.88 Å². The van der Waals surface area contributed by atoms with Gasteiger partial charge in [0.15, 0.2) is 0 Å². The molecule has 0 atom stereocenters. The Morgan fingerprint density at radius 3 is 2.72 bits per heavy atom. The third-order valence-electron chi connectivity index (χ3n) is 3.18. The van der Waals surface area contributed by atoms with Gasteiger partial charge in [0.2, 0.25) is 5.88 Å². The lowest BCUT2D eigenvalue weighted by Crippen LogP contribution is -2.17. The molecule has 1 aliphatic rings. The van der Waals surface area contributed by atoms with E-state index in [0.29, 0.717) is 42.5 Å². The second-order valence-electron chi connectivity index (χ2n) is 4.47. The zero-order valence-corrected chi connectivity index (χ0v) is 10.2. The van der Waals surface area contributed by atoms with E-state index < -0.39 is 6.08 Å². The van der Waals surface area contributed by atoms with Gasteiger partial charge in [-0.15, -0.1) is 10.2 Å². The molecule has 0 aromatic carbocycles. The molecule has 0 saturated heterocycles. The zero-order valence-electron chi connectivity index (χ0n) is 10.2. The van der Waals surface area contributed by atoms with Crippen LogP contribution < -0.4 is 4.74 Å². The fourth-order valence-corrected chi connectivity index (χ4v) is 2.05. The number of nitrogens with zero attached hydrogens (tertiary/aromatic N) is 3. The van der Waals surface area contributed by atoms with Crippen molar-refractivity contribution < 1.29 is 13.5 Å². The van der Waals surface area contributed by atoms with Crippen LogP contribution in [0.3, 0.4) is 0 Å². The van der Waals surface area contributed by atoms with Gasteiger partial charge in [-0.1, -0.05) is 0 Å². The lowest BCUT2D eigenvalue weighted by Gasteiger charge is -2.23. The first-order valence-corrected chi connectivity index (χ1v) is 5.97. The van der Waals surface area contributed by atoms with Crippen molar-refractivity contribution >= 4 is 0 Å². The van der Waals surface area contributed by atoms with Gasteiger partial charge in [0.1, 0.15) is 12.0 Å². The van der Waals surface area contributed by atoms with E-state index in [0.717, 1.165) is 12.8 Å². The van der Waals surface area contributed by atoms with Crippen LogP contribution in [-0.4, -0.2) is 21.8 Å². The van der Waals surface area contributed by atoms with E-state index in [9.17, 15) is 8.78 Å². The van der Waals surface area contributed by atoms with E-state index in [2.05, 4.69) is 15.2 Å². The molecule has 6 heteroatoms. The van der Waals surface area contributed by atoms with E-state index in [1.165, 1.54) is 6.33 Å². The maximum absolute atomic E-state index is 12.4. The van der Waals surface area contributed by atoms with Gasteiger partial charge in [-0.2, -0.15) is 13.8 Å². The van der Waals surface area contributed by atoms with Crippen LogP contribution in [0.1, 0.15) is 31.4 Å². The molecule has 2 rings (SSSR count). The van der Waals surface area contributed by atoms with Crippen LogP contribution in [0.25, 0.3) is 0 Å². The van der Waals surface area contributed by atoms with Crippen molar-refractivity contribution in [2.45, 2.75) is 32.6 Å². The molecule has 1 fully saturated rings. The summed E-state index contributed by atoms with van der Waals surface area (Å²) in [4.78, 5) is 3.98. The Morgan fingerprint density at radius 1 is 1.39 bits per heavy atom. The third-order valence-corrected chi connectivity index (χ3v) is 3.18. The van der Waals surface area contributed by atoms with Gasteiger partial charge in [0.05, 0.1) is 6.61 Å². The first-order valence-electron chi connectivity index (χ1n) is 5.97. The Labute approximate surface area is 104 Å². The topological polar surface area (TPSA) is 47.9 Å². The fourth-order valence-electron chi connectivity index (χ4n) is 2.05. The van der Waals surface area contributed by atoms with Crippen molar-refractivity contribution in [2.24, 2.45) is 5.92 Å². The fraction of sp³-hybridized carbons (Fsp3) is 0.583. The summed E-state index contributed by atoms with van der Waals surface area (Å²) in [6.07, 6.45) is 2.25. The van der Waals surface area contributed by atoms with Gasteiger partial charge in [0, 0.05) is 0 Å². The summed E-state index contributed by atoms with van der Waals surface area (Å²) >= 11 is 0. The van der Waals surface area contributed by atoms with Crippen LogP contribution in [0.15, 0.2) is 18.0 Å². The minimum Gasteiger partial charge on any atom is -0.476 e. The van der Waals surface area contributed by atoms with E-state index in [4.69, 9.17) is 4.74 Å². The summed E-state index contributed by atoms with van der Waals surface area (Å²) in [5.74, 6) is 0.783. The number of hydrogen-bond donors (Lipinski definition) is 0. The normalized spacial score (nSPS) is 19.7. The second kappa shape index (κ2) is 5.84. The Kier molecular flexibility index (Phi) is 4.17. The predicted molar refractivity (Wildman–Crippen MR) is 61.3 cm³/mol. The van der Waals surface area contributed by atoms with E-state index in [1.807, 2.05) is 0 Å². The standard InChI is InChI=1S/C12H15F2N3O/c1-8-12(15-7-16-17-8)18-6-9-2-4-10(5-3-9)11(13)14/h7,9H,2-6H2,1H3. The summed E-state index contributed by atoms with van der Waals surface area (Å²) in [6.45, 7) is 2.27. The average Bonchev–Trinajstić information content (AvgIpc) is 2.38. The average molecular weight is 255 g/mol. The molecule has 98 valence electrons. The number of rotatable bonds is 3. The maximum Gasteiger partial charge on any atom is 0.269 e. The van der Waals surface area contributed by atoms with Crippen LogP contribution in [0, 0.1) is 12.8 Å². The van der Waals surface area contributed by atoms with Gasteiger partial charge in [-0.25, -0.2) is 0 Å². The maximum atomic E-state index is 12.4. The SMILES string of the molecule is Cc1nncnc1OCC1CCC(=C(F)F)CC1. The highest BCUT2D eigenvalue weighted by Gasteiger charge is 2.20. The van der Waals surface area contributed by atoms with Crippen molar-refractivity contribution in [3.05, 3.63) is 23.7 Å². The smallest absolute Gasteiger partial charge is 0.269 e. The van der Waals surface area contributed by atoms with Crippen LogP contribution in [0.5, 0.6) is 5.88 Å². The summed E-state index contributed by atoms with van der Waals surface area (Å²) in [7, 11) is 0. The lowest BCUT2D eigenvalue weighted by atomic mass is 9.87. The Morgan fingerprint density at radius 2 is 2.11 bits per heavy atom. The van der Waals surface area contributed by atoms with E-state index >= 15 is 0 Å². The molecule has 1 saturated carbocycles. The van der Waals surface area contributed by atoms with Crippen molar-refractivity contribution in [3.63, 3.8) is 0 Å². The van der Waals surface area contributed by atoms with Gasteiger partial charge < -0.3 is 4.74 Å². The summed E-state index contributed by atoms with van der Waals surface area (Å²) in [6, 6.07) is 0. The van der Waals surface area contributed by atoms with Gasteiger partial charge in [-0.05, 0) is 44.1 Å². The van der Waals surface area contributed by atoms with Gasteiger partial charge in [0.25, 0.3) is 6.08 Å². The molecule has 1 aromatic rings. The molecule has 1 aliphatic carbocycles. The van der Waals surface area contributed by atoms with Crippen molar-refractivity contribution in [1.82, 2.24) is 15.2 Å². The highest BCUT2D eigenvalue weighted by Crippen LogP contribution is 2.31.